The highest BCUT2D eigenvalue weighted by Crippen LogP contribution is 2.12. The first-order valence-corrected chi connectivity index (χ1v) is 12.1. The maximum absolute atomic E-state index is 9.99. The van der Waals surface area contributed by atoms with Gasteiger partial charge in [0.1, 0.15) is 0 Å². The van der Waals surface area contributed by atoms with Gasteiger partial charge in [-0.3, -0.25) is 0 Å². The van der Waals surface area contributed by atoms with Crippen molar-refractivity contribution in [1.29, 1.82) is 0 Å². The van der Waals surface area contributed by atoms with E-state index in [2.05, 4.69) is 13.8 Å². The molecule has 27 heavy (non-hydrogen) atoms. The molecule has 2 atom stereocenters. The second-order valence-electron chi connectivity index (χ2n) is 8.32. The van der Waals surface area contributed by atoms with Gasteiger partial charge in [0.2, 0.25) is 0 Å². The molecule has 0 aromatic rings. The summed E-state index contributed by atoms with van der Waals surface area (Å²) in [6, 6.07) is 0. The van der Waals surface area contributed by atoms with Gasteiger partial charge in [0.15, 0.2) is 0 Å². The Kier molecular flexibility index (Phi) is 22.1. The molecule has 0 spiro atoms. The van der Waals surface area contributed by atoms with Crippen molar-refractivity contribution in [3.63, 3.8) is 0 Å². The maximum atomic E-state index is 9.99. The maximum Gasteiger partial charge on any atom is 0.0562 e. The minimum absolute atomic E-state index is 0.224. The molecule has 0 aromatic heterocycles. The Bertz CT molecular complexity index is 244. The van der Waals surface area contributed by atoms with Crippen molar-refractivity contribution in [3.8, 4) is 0 Å². The van der Waals surface area contributed by atoms with Crippen molar-refractivity contribution in [2.24, 2.45) is 0 Å². The average molecular weight is 387 g/mol. The predicted molar refractivity (Wildman–Crippen MR) is 117 cm³/mol. The Hall–Kier alpha value is -0.120. The van der Waals surface area contributed by atoms with Crippen LogP contribution in [0.15, 0.2) is 0 Å². The van der Waals surface area contributed by atoms with E-state index in [-0.39, 0.29) is 12.2 Å². The Morgan fingerprint density at radius 1 is 0.481 bits per heavy atom. The molecule has 3 nitrogen and oxygen atoms in total. The third-order valence-corrected chi connectivity index (χ3v) is 5.47. The van der Waals surface area contributed by atoms with Crippen LogP contribution in [0.5, 0.6) is 0 Å². The quantitative estimate of drug-likeness (QED) is 0.201. The number of aliphatic hydroxyl groups excluding tert-OH is 2. The molecule has 0 fully saturated rings. The molecule has 0 bridgehead atoms. The van der Waals surface area contributed by atoms with E-state index in [4.69, 9.17) is 4.74 Å². The second-order valence-corrected chi connectivity index (χ2v) is 8.32. The lowest BCUT2D eigenvalue weighted by atomic mass is 10.0. The molecule has 0 heterocycles. The van der Waals surface area contributed by atoms with Gasteiger partial charge in [-0.15, -0.1) is 0 Å². The highest BCUT2D eigenvalue weighted by Gasteiger charge is 2.06. The third kappa shape index (κ3) is 22.0. The van der Waals surface area contributed by atoms with Crippen molar-refractivity contribution in [2.45, 2.75) is 142 Å². The summed E-state index contributed by atoms with van der Waals surface area (Å²) in [7, 11) is 0. The van der Waals surface area contributed by atoms with Crippen LogP contribution in [-0.4, -0.2) is 35.6 Å². The fraction of sp³-hybridized carbons (Fsp3) is 1.00. The lowest BCUT2D eigenvalue weighted by Crippen LogP contribution is -2.14. The molecule has 0 saturated carbocycles. The molecular weight excluding hydrogens is 336 g/mol. The summed E-state index contributed by atoms with van der Waals surface area (Å²) in [6.45, 7) is 5.72. The van der Waals surface area contributed by atoms with Crippen LogP contribution in [0.25, 0.3) is 0 Å². The molecule has 0 saturated heterocycles. The molecule has 0 aliphatic rings. The Morgan fingerprint density at radius 3 is 1.19 bits per heavy atom. The molecule has 0 radical (unpaired) electrons. The summed E-state index contributed by atoms with van der Waals surface area (Å²) in [4.78, 5) is 0. The Morgan fingerprint density at radius 2 is 0.815 bits per heavy atom. The number of hydrogen-bond acceptors (Lipinski definition) is 3. The first-order chi connectivity index (χ1) is 13.2. The molecule has 0 aliphatic carbocycles. The number of rotatable bonds is 22. The molecule has 0 aromatic carbocycles. The molecular formula is C24H50O3. The minimum Gasteiger partial charge on any atom is -0.393 e. The van der Waals surface area contributed by atoms with Gasteiger partial charge in [-0.25, -0.2) is 0 Å². The van der Waals surface area contributed by atoms with E-state index < -0.39 is 0 Å². The minimum atomic E-state index is -0.224. The summed E-state index contributed by atoms with van der Waals surface area (Å²) in [5.41, 5.74) is 0. The van der Waals surface area contributed by atoms with Crippen molar-refractivity contribution in [1.82, 2.24) is 0 Å². The first kappa shape index (κ1) is 26.9. The van der Waals surface area contributed by atoms with Crippen LogP contribution in [0.2, 0.25) is 0 Å². The fourth-order valence-electron chi connectivity index (χ4n) is 3.50. The number of unbranched alkanes of at least 4 members (excludes halogenated alkanes) is 12. The molecule has 2 unspecified atom stereocenters. The third-order valence-electron chi connectivity index (χ3n) is 5.47. The number of ether oxygens (including phenoxy) is 1. The molecule has 0 amide bonds. The molecule has 0 rings (SSSR count). The molecule has 2 N–H and O–H groups in total. The van der Waals surface area contributed by atoms with Gasteiger partial charge in [0, 0.05) is 13.2 Å². The van der Waals surface area contributed by atoms with E-state index in [1.54, 1.807) is 0 Å². The lowest BCUT2D eigenvalue weighted by molar-refractivity contribution is 0.0522. The highest BCUT2D eigenvalue weighted by molar-refractivity contribution is 4.58. The zero-order valence-corrected chi connectivity index (χ0v) is 18.6. The van der Waals surface area contributed by atoms with Gasteiger partial charge < -0.3 is 14.9 Å². The first-order valence-electron chi connectivity index (χ1n) is 12.1. The largest absolute Gasteiger partial charge is 0.393 e. The van der Waals surface area contributed by atoms with Crippen molar-refractivity contribution in [3.05, 3.63) is 0 Å². The van der Waals surface area contributed by atoms with E-state index in [0.717, 1.165) is 38.5 Å². The van der Waals surface area contributed by atoms with E-state index in [0.29, 0.717) is 13.2 Å². The molecule has 0 aliphatic heterocycles. The van der Waals surface area contributed by atoms with Gasteiger partial charge >= 0.3 is 0 Å². The summed E-state index contributed by atoms with van der Waals surface area (Å²) >= 11 is 0. The van der Waals surface area contributed by atoms with Crippen molar-refractivity contribution in [2.75, 3.05) is 13.2 Å². The summed E-state index contributed by atoms with van der Waals surface area (Å²) in [6.07, 6.45) is 20.9. The normalized spacial score (nSPS) is 13.8. The van der Waals surface area contributed by atoms with Crippen LogP contribution in [0.4, 0.5) is 0 Å². The molecule has 3 heteroatoms. The second kappa shape index (κ2) is 22.2. The fourth-order valence-corrected chi connectivity index (χ4v) is 3.50. The topological polar surface area (TPSA) is 49.7 Å². The van der Waals surface area contributed by atoms with Crippen LogP contribution < -0.4 is 0 Å². The highest BCUT2D eigenvalue weighted by atomic mass is 16.5. The summed E-state index contributed by atoms with van der Waals surface area (Å²) < 4.78 is 5.60. The van der Waals surface area contributed by atoms with E-state index >= 15 is 0 Å². The van der Waals surface area contributed by atoms with Crippen LogP contribution in [0, 0.1) is 0 Å². The van der Waals surface area contributed by atoms with E-state index in [1.165, 1.54) is 77.0 Å². The number of aliphatic hydroxyl groups is 2. The van der Waals surface area contributed by atoms with Crippen molar-refractivity contribution < 1.29 is 14.9 Å². The van der Waals surface area contributed by atoms with Crippen LogP contribution in [0.3, 0.4) is 0 Å². The van der Waals surface area contributed by atoms with Gasteiger partial charge in [-0.05, 0) is 25.7 Å². The standard InChI is InChI=1S/C24H50O3/c1-3-5-7-9-11-13-15-17-23(25)19-21-27-22-20-24(26)18-16-14-12-10-8-6-4-2/h23-26H,3-22H2,1-2H3. The van der Waals surface area contributed by atoms with Crippen LogP contribution in [0.1, 0.15) is 129 Å². The summed E-state index contributed by atoms with van der Waals surface area (Å²) in [5.74, 6) is 0. The smallest absolute Gasteiger partial charge is 0.0562 e. The monoisotopic (exact) mass is 386 g/mol. The van der Waals surface area contributed by atoms with Gasteiger partial charge in [-0.2, -0.15) is 0 Å². The Labute approximate surface area is 170 Å². The zero-order chi connectivity index (χ0) is 20.0. The zero-order valence-electron chi connectivity index (χ0n) is 18.6. The number of hydrogen-bond donors (Lipinski definition) is 2. The average Bonchev–Trinajstić information content (AvgIpc) is 2.66. The van der Waals surface area contributed by atoms with Gasteiger partial charge in [0.05, 0.1) is 12.2 Å². The van der Waals surface area contributed by atoms with Gasteiger partial charge in [-0.1, -0.05) is 104 Å². The van der Waals surface area contributed by atoms with E-state index in [9.17, 15) is 10.2 Å². The Balaban J connectivity index is 3.27. The van der Waals surface area contributed by atoms with Crippen LogP contribution >= 0.6 is 0 Å². The van der Waals surface area contributed by atoms with Crippen molar-refractivity contribution >= 4 is 0 Å². The SMILES string of the molecule is CCCCCCCCCC(O)CCOCCC(O)CCCCCCCCC. The van der Waals surface area contributed by atoms with Gasteiger partial charge in [0.25, 0.3) is 0 Å². The van der Waals surface area contributed by atoms with Crippen LogP contribution in [-0.2, 0) is 4.74 Å². The lowest BCUT2D eigenvalue weighted by Gasteiger charge is -2.13. The van der Waals surface area contributed by atoms with E-state index in [1.807, 2.05) is 0 Å². The summed E-state index contributed by atoms with van der Waals surface area (Å²) in [5, 5.41) is 20.0. The molecule has 164 valence electrons. The predicted octanol–water partition coefficient (Wildman–Crippen LogP) is 6.79.